The molecule has 0 fully saturated rings. The Kier molecular flexibility index (Phi) is 3.54. The third-order valence-electron chi connectivity index (χ3n) is 4.31. The Morgan fingerprint density at radius 3 is 2.79 bits per heavy atom. The summed E-state index contributed by atoms with van der Waals surface area (Å²) in [5, 5.41) is 5.34. The van der Waals surface area contributed by atoms with Gasteiger partial charge in [-0.3, -0.25) is 9.59 Å². The van der Waals surface area contributed by atoms with Crippen LogP contribution in [0.5, 0.6) is 0 Å². The molecule has 6 heteroatoms. The zero-order valence-electron chi connectivity index (χ0n) is 12.8. The fourth-order valence-corrected chi connectivity index (χ4v) is 3.02. The number of anilines is 2. The van der Waals surface area contributed by atoms with Crippen molar-refractivity contribution in [2.45, 2.75) is 26.1 Å². The molecule has 24 heavy (non-hydrogen) atoms. The van der Waals surface area contributed by atoms with Gasteiger partial charge in [-0.25, -0.2) is 4.39 Å². The van der Waals surface area contributed by atoms with Crippen molar-refractivity contribution in [1.82, 2.24) is 0 Å². The number of aryl methyl sites for hydroxylation is 1. The van der Waals surface area contributed by atoms with Crippen molar-refractivity contribution in [2.75, 3.05) is 10.6 Å². The quantitative estimate of drug-likeness (QED) is 0.891. The summed E-state index contributed by atoms with van der Waals surface area (Å²) in [4.78, 5) is 23.8. The van der Waals surface area contributed by atoms with Gasteiger partial charge in [-0.1, -0.05) is 6.07 Å². The Balaban J connectivity index is 1.59. The molecule has 122 valence electrons. The first-order chi connectivity index (χ1) is 11.6. The maximum atomic E-state index is 14.2. The van der Waals surface area contributed by atoms with E-state index < -0.39 is 11.7 Å². The number of hydrogen-bond acceptors (Lipinski definition) is 3. The predicted molar refractivity (Wildman–Crippen MR) is 86.2 cm³/mol. The van der Waals surface area contributed by atoms with Crippen molar-refractivity contribution < 1.29 is 18.7 Å². The number of fused-ring (bicyclic) bond motifs is 2. The summed E-state index contributed by atoms with van der Waals surface area (Å²) in [5.41, 5.74) is 3.92. The van der Waals surface area contributed by atoms with Crippen molar-refractivity contribution in [2.24, 2.45) is 0 Å². The molecule has 0 aromatic heterocycles. The minimum absolute atomic E-state index is 0.0263. The topological polar surface area (TPSA) is 67.4 Å². The van der Waals surface area contributed by atoms with Crippen molar-refractivity contribution in [3.63, 3.8) is 0 Å². The third-order valence-corrected chi connectivity index (χ3v) is 4.31. The van der Waals surface area contributed by atoms with Crippen LogP contribution in [0.2, 0.25) is 0 Å². The first kappa shape index (κ1) is 14.8. The summed E-state index contributed by atoms with van der Waals surface area (Å²) in [6.45, 7) is 1.10. The molecule has 2 amide bonds. The molecule has 2 aliphatic heterocycles. The number of rotatable bonds is 2. The molecule has 2 heterocycles. The molecule has 0 saturated carbocycles. The fourth-order valence-electron chi connectivity index (χ4n) is 3.02. The van der Waals surface area contributed by atoms with Gasteiger partial charge in [0.15, 0.2) is 0 Å². The van der Waals surface area contributed by atoms with Crippen molar-refractivity contribution >= 4 is 23.2 Å². The third kappa shape index (κ3) is 2.65. The van der Waals surface area contributed by atoms with Crippen LogP contribution in [0.15, 0.2) is 30.3 Å². The minimum atomic E-state index is -0.655. The Labute approximate surface area is 137 Å². The van der Waals surface area contributed by atoms with Crippen LogP contribution in [0, 0.1) is 5.82 Å². The van der Waals surface area contributed by atoms with Crippen LogP contribution in [-0.2, 0) is 29.2 Å². The number of benzene rings is 2. The highest BCUT2D eigenvalue weighted by atomic mass is 19.1. The van der Waals surface area contributed by atoms with Crippen molar-refractivity contribution in [3.05, 3.63) is 58.4 Å². The second-order valence-corrected chi connectivity index (χ2v) is 5.97. The molecule has 0 aliphatic carbocycles. The average molecular weight is 326 g/mol. The molecular formula is C18H15FN2O3. The summed E-state index contributed by atoms with van der Waals surface area (Å²) >= 11 is 0. The monoisotopic (exact) mass is 326 g/mol. The predicted octanol–water partition coefficient (Wildman–Crippen LogP) is 2.99. The number of ether oxygens (including phenoxy) is 1. The lowest BCUT2D eigenvalue weighted by Gasteiger charge is -2.18. The van der Waals surface area contributed by atoms with E-state index in [1.165, 1.54) is 12.1 Å². The zero-order chi connectivity index (χ0) is 16.7. The number of hydrogen-bond donors (Lipinski definition) is 2. The van der Waals surface area contributed by atoms with E-state index in [1.807, 2.05) is 12.1 Å². The molecule has 2 N–H and O–H groups in total. The highest BCUT2D eigenvalue weighted by molar-refractivity contribution is 6.05. The van der Waals surface area contributed by atoms with Gasteiger partial charge in [0, 0.05) is 17.8 Å². The highest BCUT2D eigenvalue weighted by Crippen LogP contribution is 2.27. The van der Waals surface area contributed by atoms with Crippen molar-refractivity contribution in [1.29, 1.82) is 0 Å². The molecule has 2 aliphatic rings. The minimum Gasteiger partial charge on any atom is -0.372 e. The molecule has 4 rings (SSSR count). The number of halogens is 1. The van der Waals surface area contributed by atoms with Gasteiger partial charge >= 0.3 is 0 Å². The standard InChI is InChI=1S/C18H15FN2O3/c19-15-7-16-10(2-4-17(22)21-16)6-14(15)18(23)20-13-3-1-11-8-24-9-12(11)5-13/h1,3,5-7H,2,4,8-9H2,(H,20,23)(H,21,22). The first-order valence-electron chi connectivity index (χ1n) is 7.73. The molecule has 0 saturated heterocycles. The van der Waals surface area contributed by atoms with Gasteiger partial charge in [0.25, 0.3) is 5.91 Å². The molecule has 2 aromatic carbocycles. The maximum absolute atomic E-state index is 14.2. The molecular weight excluding hydrogens is 311 g/mol. The van der Waals surface area contributed by atoms with E-state index in [-0.39, 0.29) is 11.5 Å². The number of nitrogens with one attached hydrogen (secondary N) is 2. The first-order valence-corrected chi connectivity index (χ1v) is 7.73. The van der Waals surface area contributed by atoms with Crippen LogP contribution in [-0.4, -0.2) is 11.8 Å². The lowest BCUT2D eigenvalue weighted by Crippen LogP contribution is -2.21. The largest absolute Gasteiger partial charge is 0.372 e. The van der Waals surface area contributed by atoms with Crippen LogP contribution < -0.4 is 10.6 Å². The molecule has 0 atom stereocenters. The van der Waals surface area contributed by atoms with Crippen LogP contribution in [0.1, 0.15) is 33.5 Å². The molecule has 0 unspecified atom stereocenters. The Morgan fingerprint density at radius 1 is 1.08 bits per heavy atom. The number of amides is 2. The Bertz CT molecular complexity index is 864. The van der Waals surface area contributed by atoms with Gasteiger partial charge in [0.2, 0.25) is 5.91 Å². The van der Waals surface area contributed by atoms with E-state index >= 15 is 0 Å². The normalized spacial score (nSPS) is 15.5. The Morgan fingerprint density at radius 2 is 1.92 bits per heavy atom. The molecule has 5 nitrogen and oxygen atoms in total. The average Bonchev–Trinajstić information content (AvgIpc) is 3.01. The van der Waals surface area contributed by atoms with Crippen molar-refractivity contribution in [3.8, 4) is 0 Å². The van der Waals surface area contributed by atoms with Gasteiger partial charge < -0.3 is 15.4 Å². The SMILES string of the molecule is O=C1CCc2cc(C(=O)Nc3ccc4c(c3)COC4)c(F)cc2N1. The second-order valence-electron chi connectivity index (χ2n) is 5.97. The van der Waals surface area contributed by atoms with Gasteiger partial charge in [-0.2, -0.15) is 0 Å². The molecule has 2 aromatic rings. The van der Waals surface area contributed by atoms with Crippen LogP contribution >= 0.6 is 0 Å². The van der Waals surface area contributed by atoms with Gasteiger partial charge in [0.05, 0.1) is 18.8 Å². The molecule has 0 spiro atoms. The van der Waals surface area contributed by atoms with E-state index in [2.05, 4.69) is 10.6 Å². The number of carbonyl (C=O) groups is 2. The second kappa shape index (κ2) is 5.72. The van der Waals surface area contributed by atoms with Gasteiger partial charge in [-0.15, -0.1) is 0 Å². The highest BCUT2D eigenvalue weighted by Gasteiger charge is 2.21. The smallest absolute Gasteiger partial charge is 0.258 e. The van der Waals surface area contributed by atoms with E-state index in [4.69, 9.17) is 4.74 Å². The van der Waals surface area contributed by atoms with E-state index in [0.29, 0.717) is 37.4 Å². The summed E-state index contributed by atoms with van der Waals surface area (Å²) in [7, 11) is 0. The Hall–Kier alpha value is -2.73. The van der Waals surface area contributed by atoms with E-state index in [9.17, 15) is 14.0 Å². The van der Waals surface area contributed by atoms with Crippen LogP contribution in [0.3, 0.4) is 0 Å². The zero-order valence-corrected chi connectivity index (χ0v) is 12.8. The summed E-state index contributed by atoms with van der Waals surface area (Å²) < 4.78 is 19.6. The summed E-state index contributed by atoms with van der Waals surface area (Å²) in [6.07, 6.45) is 0.836. The molecule has 0 bridgehead atoms. The van der Waals surface area contributed by atoms with Gasteiger partial charge in [-0.05, 0) is 47.4 Å². The molecule has 0 radical (unpaired) electrons. The number of carbonyl (C=O) groups excluding carboxylic acids is 2. The lowest BCUT2D eigenvalue weighted by atomic mass is 9.99. The van der Waals surface area contributed by atoms with Gasteiger partial charge in [0.1, 0.15) is 5.82 Å². The summed E-state index contributed by atoms with van der Waals surface area (Å²) in [5.74, 6) is -1.30. The lowest BCUT2D eigenvalue weighted by molar-refractivity contribution is -0.116. The van der Waals surface area contributed by atoms with E-state index in [0.717, 1.165) is 16.7 Å². The fraction of sp³-hybridized carbons (Fsp3) is 0.222. The van der Waals surface area contributed by atoms with E-state index in [1.54, 1.807) is 6.07 Å². The van der Waals surface area contributed by atoms with Crippen LogP contribution in [0.4, 0.5) is 15.8 Å². The van der Waals surface area contributed by atoms with Crippen LogP contribution in [0.25, 0.3) is 0 Å². The maximum Gasteiger partial charge on any atom is 0.258 e. The summed E-state index contributed by atoms with van der Waals surface area (Å²) in [6, 6.07) is 8.24.